The predicted octanol–water partition coefficient (Wildman–Crippen LogP) is 2.13. The predicted molar refractivity (Wildman–Crippen MR) is 106 cm³/mol. The molecule has 0 fully saturated rings. The smallest absolute Gasteiger partial charge is 0.243 e. The molecule has 0 spiro atoms. The lowest BCUT2D eigenvalue weighted by atomic mass is 10.1. The standard InChI is InChI=1S/C20H25N3O3S/c1-15-12-18-13-19(8-9-20(18)23(15)16(2)24)27(25,26)22(11-10-21)14-17-6-4-3-5-7-17/h3-9,13,15H,10-12,14,21H2,1-2H3. The summed E-state index contributed by atoms with van der Waals surface area (Å²) in [6.45, 7) is 4.24. The van der Waals surface area contributed by atoms with Gasteiger partial charge in [0.05, 0.1) is 4.90 Å². The summed E-state index contributed by atoms with van der Waals surface area (Å²) in [5.41, 5.74) is 8.25. The molecule has 2 aromatic carbocycles. The fourth-order valence-electron chi connectivity index (χ4n) is 3.61. The van der Waals surface area contributed by atoms with Crippen LogP contribution >= 0.6 is 0 Å². The highest BCUT2D eigenvalue weighted by Crippen LogP contribution is 2.34. The van der Waals surface area contributed by atoms with Crippen LogP contribution in [0.4, 0.5) is 5.69 Å². The van der Waals surface area contributed by atoms with Crippen molar-refractivity contribution in [1.82, 2.24) is 4.31 Å². The maximum absolute atomic E-state index is 13.2. The zero-order valence-electron chi connectivity index (χ0n) is 15.6. The first-order chi connectivity index (χ1) is 12.8. The number of benzene rings is 2. The normalized spacial score (nSPS) is 16.6. The molecule has 3 rings (SSSR count). The minimum Gasteiger partial charge on any atom is -0.329 e. The molecule has 0 radical (unpaired) electrons. The van der Waals surface area contributed by atoms with E-state index >= 15 is 0 Å². The van der Waals surface area contributed by atoms with Crippen molar-refractivity contribution in [3.8, 4) is 0 Å². The molecule has 2 aromatic rings. The van der Waals surface area contributed by atoms with Crippen LogP contribution in [0.1, 0.15) is 25.0 Å². The van der Waals surface area contributed by atoms with Gasteiger partial charge in [-0.25, -0.2) is 8.42 Å². The Bertz CT molecular complexity index is 929. The van der Waals surface area contributed by atoms with E-state index in [2.05, 4.69) is 0 Å². The number of anilines is 1. The van der Waals surface area contributed by atoms with E-state index < -0.39 is 10.0 Å². The maximum Gasteiger partial charge on any atom is 0.243 e. The van der Waals surface area contributed by atoms with Gasteiger partial charge < -0.3 is 10.6 Å². The van der Waals surface area contributed by atoms with E-state index in [1.165, 1.54) is 11.2 Å². The van der Waals surface area contributed by atoms with Gasteiger partial charge in [-0.3, -0.25) is 4.79 Å². The van der Waals surface area contributed by atoms with Gasteiger partial charge in [0.1, 0.15) is 0 Å². The SMILES string of the molecule is CC(=O)N1c2ccc(S(=O)(=O)N(CCN)Cc3ccccc3)cc2CC1C. The zero-order valence-corrected chi connectivity index (χ0v) is 16.4. The second-order valence-electron chi connectivity index (χ2n) is 6.85. The molecule has 1 aliphatic rings. The largest absolute Gasteiger partial charge is 0.329 e. The van der Waals surface area contributed by atoms with Crippen LogP contribution in [0.2, 0.25) is 0 Å². The molecule has 27 heavy (non-hydrogen) atoms. The zero-order chi connectivity index (χ0) is 19.6. The third-order valence-electron chi connectivity index (χ3n) is 4.82. The molecule has 1 unspecified atom stereocenters. The number of sulfonamides is 1. The summed E-state index contributed by atoms with van der Waals surface area (Å²) in [6.07, 6.45) is 0.647. The highest BCUT2D eigenvalue weighted by Gasteiger charge is 2.31. The van der Waals surface area contributed by atoms with E-state index in [4.69, 9.17) is 5.73 Å². The van der Waals surface area contributed by atoms with Gasteiger partial charge in [0.25, 0.3) is 0 Å². The van der Waals surface area contributed by atoms with Crippen LogP contribution in [0.25, 0.3) is 0 Å². The monoisotopic (exact) mass is 387 g/mol. The van der Waals surface area contributed by atoms with Crippen LogP contribution in [0.15, 0.2) is 53.4 Å². The third kappa shape index (κ3) is 3.90. The molecule has 144 valence electrons. The van der Waals surface area contributed by atoms with E-state index in [9.17, 15) is 13.2 Å². The Balaban J connectivity index is 1.94. The van der Waals surface area contributed by atoms with Gasteiger partial charge >= 0.3 is 0 Å². The Morgan fingerprint density at radius 3 is 2.56 bits per heavy atom. The molecule has 0 aliphatic carbocycles. The van der Waals surface area contributed by atoms with Gasteiger partial charge in [-0.05, 0) is 42.7 Å². The summed E-state index contributed by atoms with van der Waals surface area (Å²) in [6, 6.07) is 14.5. The molecule has 2 N–H and O–H groups in total. The summed E-state index contributed by atoms with van der Waals surface area (Å²) in [7, 11) is -3.69. The highest BCUT2D eigenvalue weighted by atomic mass is 32.2. The van der Waals surface area contributed by atoms with Crippen molar-refractivity contribution in [2.24, 2.45) is 5.73 Å². The number of amides is 1. The van der Waals surface area contributed by atoms with E-state index in [1.54, 1.807) is 23.1 Å². The fourth-order valence-corrected chi connectivity index (χ4v) is 5.11. The van der Waals surface area contributed by atoms with Gasteiger partial charge in [0.15, 0.2) is 0 Å². The molecule has 0 bridgehead atoms. The van der Waals surface area contributed by atoms with Crippen LogP contribution in [-0.2, 0) is 27.8 Å². The van der Waals surface area contributed by atoms with Crippen molar-refractivity contribution in [1.29, 1.82) is 0 Å². The highest BCUT2D eigenvalue weighted by molar-refractivity contribution is 7.89. The molecular formula is C20H25N3O3S. The topological polar surface area (TPSA) is 83.7 Å². The van der Waals surface area contributed by atoms with Gasteiger partial charge in [-0.1, -0.05) is 30.3 Å². The molecule has 1 heterocycles. The second kappa shape index (κ2) is 7.80. The summed E-state index contributed by atoms with van der Waals surface area (Å²) in [5.74, 6) is -0.0364. The first-order valence-electron chi connectivity index (χ1n) is 9.01. The molecule has 0 saturated heterocycles. The minimum absolute atomic E-state index is 0.0277. The number of nitrogens with two attached hydrogens (primary N) is 1. The van der Waals surface area contributed by atoms with Crippen LogP contribution < -0.4 is 10.6 Å². The Labute approximate surface area is 160 Å². The lowest BCUT2D eigenvalue weighted by molar-refractivity contribution is -0.116. The molecular weight excluding hydrogens is 362 g/mol. The molecule has 0 aromatic heterocycles. The first kappa shape index (κ1) is 19.5. The van der Waals surface area contributed by atoms with Crippen molar-refractivity contribution >= 4 is 21.6 Å². The van der Waals surface area contributed by atoms with Crippen molar-refractivity contribution in [3.63, 3.8) is 0 Å². The van der Waals surface area contributed by atoms with E-state index in [1.807, 2.05) is 37.3 Å². The number of carbonyl (C=O) groups is 1. The Hall–Kier alpha value is -2.22. The summed E-state index contributed by atoms with van der Waals surface area (Å²) >= 11 is 0. The van der Waals surface area contributed by atoms with Crippen LogP contribution in [-0.4, -0.2) is 37.8 Å². The summed E-state index contributed by atoms with van der Waals surface area (Å²) in [4.78, 5) is 13.8. The Morgan fingerprint density at radius 2 is 1.93 bits per heavy atom. The van der Waals surface area contributed by atoms with Crippen molar-refractivity contribution < 1.29 is 13.2 Å². The molecule has 0 saturated carbocycles. The number of carbonyl (C=O) groups excluding carboxylic acids is 1. The van der Waals surface area contributed by atoms with Gasteiger partial charge in [-0.2, -0.15) is 4.31 Å². The summed E-state index contributed by atoms with van der Waals surface area (Å²) in [5, 5.41) is 0. The minimum atomic E-state index is -3.69. The number of hydrogen-bond donors (Lipinski definition) is 1. The average Bonchev–Trinajstić information content (AvgIpc) is 2.97. The lowest BCUT2D eigenvalue weighted by Crippen LogP contribution is -2.35. The molecule has 1 aliphatic heterocycles. The number of nitrogens with zero attached hydrogens (tertiary/aromatic N) is 2. The molecule has 1 atom stereocenters. The van der Waals surface area contributed by atoms with Crippen LogP contribution in [0, 0.1) is 0 Å². The van der Waals surface area contributed by atoms with Crippen LogP contribution in [0.3, 0.4) is 0 Å². The number of rotatable bonds is 6. The third-order valence-corrected chi connectivity index (χ3v) is 6.67. The fraction of sp³-hybridized carbons (Fsp3) is 0.350. The number of hydrogen-bond acceptors (Lipinski definition) is 4. The summed E-state index contributed by atoms with van der Waals surface area (Å²) < 4.78 is 27.8. The average molecular weight is 388 g/mol. The van der Waals surface area contributed by atoms with Crippen molar-refractivity contribution in [2.75, 3.05) is 18.0 Å². The van der Waals surface area contributed by atoms with E-state index in [0.29, 0.717) is 6.42 Å². The lowest BCUT2D eigenvalue weighted by Gasteiger charge is -2.23. The molecule has 7 heteroatoms. The number of fused-ring (bicyclic) bond motifs is 1. The Morgan fingerprint density at radius 1 is 1.22 bits per heavy atom. The molecule has 1 amide bonds. The van der Waals surface area contributed by atoms with E-state index in [0.717, 1.165) is 16.8 Å². The molecule has 6 nitrogen and oxygen atoms in total. The van der Waals surface area contributed by atoms with Gasteiger partial charge in [-0.15, -0.1) is 0 Å². The van der Waals surface area contributed by atoms with Crippen molar-refractivity contribution in [3.05, 3.63) is 59.7 Å². The van der Waals surface area contributed by atoms with Gasteiger partial charge in [0, 0.05) is 38.3 Å². The van der Waals surface area contributed by atoms with Crippen LogP contribution in [0.5, 0.6) is 0 Å². The van der Waals surface area contributed by atoms with E-state index in [-0.39, 0.29) is 36.5 Å². The Kier molecular flexibility index (Phi) is 5.64. The second-order valence-corrected chi connectivity index (χ2v) is 8.78. The quantitative estimate of drug-likeness (QED) is 0.823. The van der Waals surface area contributed by atoms with Gasteiger partial charge in [0.2, 0.25) is 15.9 Å². The first-order valence-corrected chi connectivity index (χ1v) is 10.5. The maximum atomic E-state index is 13.2. The van der Waals surface area contributed by atoms with Crippen molar-refractivity contribution in [2.45, 2.75) is 37.8 Å².